The smallest absolute Gasteiger partial charge is 0.268 e. The molecular formula is C26H28N4O5. The lowest BCUT2D eigenvalue weighted by atomic mass is 10.1. The van der Waals surface area contributed by atoms with Crippen molar-refractivity contribution in [3.05, 3.63) is 47.7 Å². The lowest BCUT2D eigenvalue weighted by molar-refractivity contribution is -0.123. The average Bonchev–Trinajstić information content (AvgIpc) is 3.78. The fourth-order valence-electron chi connectivity index (χ4n) is 4.51. The summed E-state index contributed by atoms with van der Waals surface area (Å²) in [4.78, 5) is 45.6. The van der Waals surface area contributed by atoms with Crippen LogP contribution in [0.4, 0.5) is 5.69 Å². The molecule has 9 heteroatoms. The molecule has 2 aliphatic carbocycles. The predicted molar refractivity (Wildman–Crippen MR) is 126 cm³/mol. The number of nitrogens with one attached hydrogen (secondary N) is 1. The largest absolute Gasteiger partial charge is 0.479 e. The highest BCUT2D eigenvalue weighted by atomic mass is 16.5. The molecule has 182 valence electrons. The number of hydrogen-bond acceptors (Lipinski definition) is 6. The number of fused-ring (bicyclic) bond motifs is 1. The number of amides is 3. The van der Waals surface area contributed by atoms with Crippen molar-refractivity contribution in [2.24, 2.45) is 5.92 Å². The number of rotatable bonds is 9. The van der Waals surface area contributed by atoms with Crippen LogP contribution < -0.4 is 19.7 Å². The summed E-state index contributed by atoms with van der Waals surface area (Å²) in [5.74, 6) is 1.28. The molecule has 1 unspecified atom stereocenters. The summed E-state index contributed by atoms with van der Waals surface area (Å²) in [6.07, 6.45) is 5.97. The molecule has 1 aromatic heterocycles. The van der Waals surface area contributed by atoms with Crippen LogP contribution in [-0.4, -0.2) is 59.4 Å². The van der Waals surface area contributed by atoms with Gasteiger partial charge >= 0.3 is 0 Å². The maximum Gasteiger partial charge on any atom is 0.268 e. The normalized spacial score (nSPS) is 21.3. The molecule has 35 heavy (non-hydrogen) atoms. The standard InChI is InChI=1S/C26H28N4O5/c31-23(28-18-4-5-18)14-29-13-17-3-6-19(11-21(17)25(29)32)30-10-9-22(26(30)33)35-20-7-8-24(27-12-20)34-15-16-1-2-16/h3,6-8,11-12,16,18,22H,1-2,4-5,9-10,13-15H2,(H,28,31). The molecule has 2 aliphatic heterocycles. The molecule has 3 fully saturated rings. The second-order valence-electron chi connectivity index (χ2n) is 9.82. The van der Waals surface area contributed by atoms with Crippen molar-refractivity contribution in [2.75, 3.05) is 24.6 Å². The summed E-state index contributed by atoms with van der Waals surface area (Å²) < 4.78 is 11.6. The monoisotopic (exact) mass is 476 g/mol. The maximum atomic E-state index is 13.1. The van der Waals surface area contributed by atoms with Gasteiger partial charge in [-0.2, -0.15) is 0 Å². The third-order valence-corrected chi connectivity index (χ3v) is 6.87. The first-order valence-electron chi connectivity index (χ1n) is 12.3. The molecule has 1 saturated heterocycles. The molecule has 0 bridgehead atoms. The van der Waals surface area contributed by atoms with Gasteiger partial charge in [-0.15, -0.1) is 0 Å². The number of nitrogens with zero attached hydrogens (tertiary/aromatic N) is 3. The molecule has 6 rings (SSSR count). The Morgan fingerprint density at radius 3 is 2.69 bits per heavy atom. The summed E-state index contributed by atoms with van der Waals surface area (Å²) in [5.41, 5.74) is 2.08. The molecular weight excluding hydrogens is 448 g/mol. The number of carbonyl (C=O) groups excluding carboxylic acids is 3. The Balaban J connectivity index is 1.07. The van der Waals surface area contributed by atoms with Gasteiger partial charge < -0.3 is 24.6 Å². The number of hydrogen-bond donors (Lipinski definition) is 1. The summed E-state index contributed by atoms with van der Waals surface area (Å²) in [6.45, 7) is 1.65. The van der Waals surface area contributed by atoms with Crippen LogP contribution in [0.25, 0.3) is 0 Å². The van der Waals surface area contributed by atoms with Crippen molar-refractivity contribution < 1.29 is 23.9 Å². The highest BCUT2D eigenvalue weighted by Gasteiger charge is 2.36. The fourth-order valence-corrected chi connectivity index (χ4v) is 4.51. The van der Waals surface area contributed by atoms with Crippen LogP contribution in [-0.2, 0) is 16.1 Å². The fraction of sp³-hybridized carbons (Fsp3) is 0.462. The second-order valence-corrected chi connectivity index (χ2v) is 9.82. The number of anilines is 1. The SMILES string of the molecule is O=C(CN1Cc2ccc(N3CCC(Oc4ccc(OCC5CC5)nc4)C3=O)cc2C1=O)NC1CC1. The zero-order valence-electron chi connectivity index (χ0n) is 19.4. The van der Waals surface area contributed by atoms with E-state index in [9.17, 15) is 14.4 Å². The minimum atomic E-state index is -0.610. The second kappa shape index (κ2) is 8.87. The van der Waals surface area contributed by atoms with Gasteiger partial charge in [0, 0.05) is 42.9 Å². The van der Waals surface area contributed by atoms with E-state index in [-0.39, 0.29) is 30.3 Å². The van der Waals surface area contributed by atoms with Crippen LogP contribution >= 0.6 is 0 Å². The van der Waals surface area contributed by atoms with Crippen molar-refractivity contribution in [3.8, 4) is 11.6 Å². The van der Waals surface area contributed by atoms with Crippen molar-refractivity contribution in [3.63, 3.8) is 0 Å². The van der Waals surface area contributed by atoms with Gasteiger partial charge in [0.15, 0.2) is 6.10 Å². The summed E-state index contributed by atoms with van der Waals surface area (Å²) >= 11 is 0. The Hall–Kier alpha value is -3.62. The van der Waals surface area contributed by atoms with Gasteiger partial charge in [-0.25, -0.2) is 4.98 Å². The quantitative estimate of drug-likeness (QED) is 0.596. The number of benzene rings is 1. The molecule has 9 nitrogen and oxygen atoms in total. The molecule has 3 amide bonds. The van der Waals surface area contributed by atoms with Gasteiger partial charge in [-0.05, 0) is 55.4 Å². The number of carbonyl (C=O) groups is 3. The van der Waals surface area contributed by atoms with Gasteiger partial charge in [0.05, 0.1) is 12.8 Å². The van der Waals surface area contributed by atoms with Crippen molar-refractivity contribution in [1.82, 2.24) is 15.2 Å². The minimum Gasteiger partial charge on any atom is -0.479 e. The number of pyridine rings is 1. The Bertz CT molecular complexity index is 1160. The van der Waals surface area contributed by atoms with E-state index in [4.69, 9.17) is 9.47 Å². The van der Waals surface area contributed by atoms with Crippen LogP contribution in [0.1, 0.15) is 48.0 Å². The third-order valence-electron chi connectivity index (χ3n) is 6.87. The number of ether oxygens (including phenoxy) is 2. The zero-order chi connectivity index (χ0) is 23.9. The van der Waals surface area contributed by atoms with Crippen LogP contribution in [0.5, 0.6) is 11.6 Å². The van der Waals surface area contributed by atoms with Crippen LogP contribution in [0.3, 0.4) is 0 Å². The van der Waals surface area contributed by atoms with Gasteiger partial charge in [-0.1, -0.05) is 6.07 Å². The lowest BCUT2D eigenvalue weighted by Crippen LogP contribution is -2.38. The van der Waals surface area contributed by atoms with E-state index in [0.29, 0.717) is 54.9 Å². The molecule has 4 aliphatic rings. The van der Waals surface area contributed by atoms with Crippen LogP contribution in [0.2, 0.25) is 0 Å². The molecule has 1 N–H and O–H groups in total. The molecule has 1 atom stereocenters. The highest BCUT2D eigenvalue weighted by molar-refractivity contribution is 6.03. The highest BCUT2D eigenvalue weighted by Crippen LogP contribution is 2.31. The van der Waals surface area contributed by atoms with E-state index in [2.05, 4.69) is 10.3 Å². The molecule has 0 spiro atoms. The van der Waals surface area contributed by atoms with E-state index in [1.54, 1.807) is 34.2 Å². The van der Waals surface area contributed by atoms with Crippen LogP contribution in [0.15, 0.2) is 36.5 Å². The van der Waals surface area contributed by atoms with Gasteiger partial charge in [0.25, 0.3) is 11.8 Å². The van der Waals surface area contributed by atoms with Crippen LogP contribution in [0, 0.1) is 5.92 Å². The Labute approximate surface area is 203 Å². The van der Waals surface area contributed by atoms with Gasteiger partial charge in [-0.3, -0.25) is 14.4 Å². The molecule has 0 radical (unpaired) electrons. The first-order chi connectivity index (χ1) is 17.0. The van der Waals surface area contributed by atoms with E-state index in [1.165, 1.54) is 12.8 Å². The Morgan fingerprint density at radius 1 is 1.09 bits per heavy atom. The summed E-state index contributed by atoms with van der Waals surface area (Å²) in [5, 5.41) is 2.92. The van der Waals surface area contributed by atoms with E-state index in [0.717, 1.165) is 18.4 Å². The van der Waals surface area contributed by atoms with E-state index < -0.39 is 6.10 Å². The molecule has 2 saturated carbocycles. The first-order valence-corrected chi connectivity index (χ1v) is 12.3. The first kappa shape index (κ1) is 21.9. The summed E-state index contributed by atoms with van der Waals surface area (Å²) in [7, 11) is 0. The van der Waals surface area contributed by atoms with Gasteiger partial charge in [0.2, 0.25) is 11.8 Å². The predicted octanol–water partition coefficient (Wildman–Crippen LogP) is 2.29. The van der Waals surface area contributed by atoms with E-state index in [1.807, 2.05) is 12.1 Å². The van der Waals surface area contributed by atoms with Gasteiger partial charge in [0.1, 0.15) is 12.3 Å². The minimum absolute atomic E-state index is 0.0519. The maximum absolute atomic E-state index is 13.1. The molecule has 3 heterocycles. The van der Waals surface area contributed by atoms with Crippen molar-refractivity contribution in [1.29, 1.82) is 0 Å². The topological polar surface area (TPSA) is 101 Å². The average molecular weight is 477 g/mol. The summed E-state index contributed by atoms with van der Waals surface area (Å²) in [6, 6.07) is 9.27. The molecule has 1 aromatic carbocycles. The molecule has 2 aromatic rings. The zero-order valence-corrected chi connectivity index (χ0v) is 19.4. The third kappa shape index (κ3) is 4.80. The Morgan fingerprint density at radius 2 is 1.94 bits per heavy atom. The number of aromatic nitrogens is 1. The van der Waals surface area contributed by atoms with Crippen molar-refractivity contribution >= 4 is 23.4 Å². The van der Waals surface area contributed by atoms with Crippen molar-refractivity contribution in [2.45, 2.75) is 50.8 Å². The lowest BCUT2D eigenvalue weighted by Gasteiger charge is -2.18. The Kier molecular flexibility index (Phi) is 5.54. The van der Waals surface area contributed by atoms with E-state index >= 15 is 0 Å².